The van der Waals surface area contributed by atoms with Crippen LogP contribution in [0.15, 0.2) is 17.3 Å². The molecule has 3 rings (SSSR count). The molecule has 1 N–H and O–H groups in total. The van der Waals surface area contributed by atoms with Crippen molar-refractivity contribution in [2.75, 3.05) is 18.8 Å². The molecular weight excluding hydrogens is 268 g/mol. The van der Waals surface area contributed by atoms with Crippen LogP contribution in [0.4, 0.5) is 0 Å². The SMILES string of the molecule is Cn1nccc1CCNC1=NCC2(CCCCC2)CS1. The fourth-order valence-electron chi connectivity index (χ4n) is 3.21. The molecule has 5 heteroatoms. The summed E-state index contributed by atoms with van der Waals surface area (Å²) in [6.45, 7) is 1.98. The van der Waals surface area contributed by atoms with Crippen molar-refractivity contribution in [3.63, 3.8) is 0 Å². The van der Waals surface area contributed by atoms with Crippen LogP contribution in [0, 0.1) is 5.41 Å². The topological polar surface area (TPSA) is 42.2 Å². The standard InChI is InChI=1S/C15H24N4S/c1-19-13(6-10-18-19)5-9-16-14-17-11-15(12-20-14)7-3-2-4-8-15/h6,10H,2-5,7-9,11-12H2,1H3,(H,16,17). The van der Waals surface area contributed by atoms with Crippen LogP contribution in [0.5, 0.6) is 0 Å². The van der Waals surface area contributed by atoms with Crippen molar-refractivity contribution in [2.24, 2.45) is 17.5 Å². The van der Waals surface area contributed by atoms with Gasteiger partial charge in [0.05, 0.1) is 0 Å². The van der Waals surface area contributed by atoms with Crippen molar-refractivity contribution in [1.82, 2.24) is 15.1 Å². The maximum absolute atomic E-state index is 4.79. The Bertz CT molecular complexity index is 474. The van der Waals surface area contributed by atoms with Gasteiger partial charge in [0, 0.05) is 44.2 Å². The van der Waals surface area contributed by atoms with Crippen LogP contribution in [0.2, 0.25) is 0 Å². The molecule has 0 amide bonds. The molecule has 0 unspecified atom stereocenters. The van der Waals surface area contributed by atoms with Gasteiger partial charge in [0.2, 0.25) is 0 Å². The van der Waals surface area contributed by atoms with E-state index in [2.05, 4.69) is 16.5 Å². The van der Waals surface area contributed by atoms with Crippen LogP contribution in [-0.4, -0.2) is 33.8 Å². The first-order valence-electron chi connectivity index (χ1n) is 7.65. The molecule has 4 nitrogen and oxygen atoms in total. The highest BCUT2D eigenvalue weighted by Gasteiger charge is 2.34. The number of hydrogen-bond acceptors (Lipinski definition) is 4. The number of aromatic nitrogens is 2. The van der Waals surface area contributed by atoms with Crippen molar-refractivity contribution in [3.05, 3.63) is 18.0 Å². The summed E-state index contributed by atoms with van der Waals surface area (Å²) in [6.07, 6.45) is 9.85. The number of aliphatic imine (C=N–C) groups is 1. The lowest BCUT2D eigenvalue weighted by atomic mass is 9.75. The molecule has 1 spiro atoms. The normalized spacial score (nSPS) is 21.8. The molecule has 0 bridgehead atoms. The van der Waals surface area contributed by atoms with E-state index in [1.54, 1.807) is 0 Å². The predicted octanol–water partition coefficient (Wildman–Crippen LogP) is 2.61. The second-order valence-corrected chi connectivity index (χ2v) is 7.06. The third-order valence-corrected chi connectivity index (χ3v) is 5.87. The Hall–Kier alpha value is -0.970. The quantitative estimate of drug-likeness (QED) is 0.931. The Balaban J connectivity index is 1.46. The molecule has 1 fully saturated rings. The molecule has 20 heavy (non-hydrogen) atoms. The number of aryl methyl sites for hydroxylation is 1. The molecule has 0 radical (unpaired) electrons. The minimum absolute atomic E-state index is 0.524. The van der Waals surface area contributed by atoms with Gasteiger partial charge in [-0.25, -0.2) is 0 Å². The van der Waals surface area contributed by atoms with E-state index in [9.17, 15) is 0 Å². The summed E-state index contributed by atoms with van der Waals surface area (Å²) in [5.74, 6) is 1.25. The molecule has 1 saturated carbocycles. The van der Waals surface area contributed by atoms with Crippen molar-refractivity contribution >= 4 is 16.9 Å². The first-order valence-corrected chi connectivity index (χ1v) is 8.64. The van der Waals surface area contributed by atoms with Gasteiger partial charge in [-0.2, -0.15) is 5.10 Å². The number of amidine groups is 1. The van der Waals surface area contributed by atoms with Gasteiger partial charge in [-0.15, -0.1) is 0 Å². The summed E-state index contributed by atoms with van der Waals surface area (Å²) in [5, 5.41) is 8.82. The summed E-state index contributed by atoms with van der Waals surface area (Å²) in [5.41, 5.74) is 1.79. The van der Waals surface area contributed by atoms with Crippen molar-refractivity contribution < 1.29 is 0 Å². The average molecular weight is 292 g/mol. The van der Waals surface area contributed by atoms with E-state index < -0.39 is 0 Å². The van der Waals surface area contributed by atoms with E-state index in [4.69, 9.17) is 4.99 Å². The molecule has 110 valence electrons. The summed E-state index contributed by atoms with van der Waals surface area (Å²) in [6, 6.07) is 2.08. The van der Waals surface area contributed by atoms with E-state index in [0.29, 0.717) is 5.41 Å². The van der Waals surface area contributed by atoms with Gasteiger partial charge in [-0.3, -0.25) is 9.67 Å². The zero-order valence-electron chi connectivity index (χ0n) is 12.3. The summed E-state index contributed by atoms with van der Waals surface area (Å²) < 4.78 is 1.94. The fourth-order valence-corrected chi connectivity index (χ4v) is 4.39. The average Bonchev–Trinajstić information content (AvgIpc) is 2.88. The van der Waals surface area contributed by atoms with E-state index in [-0.39, 0.29) is 0 Å². The number of hydrogen-bond donors (Lipinski definition) is 1. The maximum atomic E-state index is 4.79. The monoisotopic (exact) mass is 292 g/mol. The second-order valence-electron chi connectivity index (χ2n) is 6.09. The summed E-state index contributed by atoms with van der Waals surface area (Å²) >= 11 is 1.93. The fraction of sp³-hybridized carbons (Fsp3) is 0.733. The second kappa shape index (κ2) is 6.20. The zero-order valence-corrected chi connectivity index (χ0v) is 13.1. The van der Waals surface area contributed by atoms with Gasteiger partial charge in [0.25, 0.3) is 0 Å². The van der Waals surface area contributed by atoms with Gasteiger partial charge in [0.1, 0.15) is 0 Å². The lowest BCUT2D eigenvalue weighted by Crippen LogP contribution is -2.37. The van der Waals surface area contributed by atoms with Gasteiger partial charge >= 0.3 is 0 Å². The Morgan fingerprint density at radius 2 is 2.20 bits per heavy atom. The van der Waals surface area contributed by atoms with Gasteiger partial charge < -0.3 is 5.32 Å². The number of nitrogens with zero attached hydrogens (tertiary/aromatic N) is 3. The largest absolute Gasteiger partial charge is 0.365 e. The molecule has 1 aliphatic carbocycles. The highest BCUT2D eigenvalue weighted by molar-refractivity contribution is 8.13. The summed E-state index contributed by atoms with van der Waals surface area (Å²) in [7, 11) is 2.00. The smallest absolute Gasteiger partial charge is 0.156 e. The summed E-state index contributed by atoms with van der Waals surface area (Å²) in [4.78, 5) is 4.79. The molecular formula is C15H24N4S. The predicted molar refractivity (Wildman–Crippen MR) is 85.2 cm³/mol. The lowest BCUT2D eigenvalue weighted by molar-refractivity contribution is 0.232. The van der Waals surface area contributed by atoms with Crippen LogP contribution in [0.25, 0.3) is 0 Å². The van der Waals surface area contributed by atoms with Gasteiger partial charge in [-0.1, -0.05) is 31.0 Å². The van der Waals surface area contributed by atoms with E-state index in [1.807, 2.05) is 29.7 Å². The van der Waals surface area contributed by atoms with Crippen LogP contribution in [0.3, 0.4) is 0 Å². The molecule has 0 atom stereocenters. The van der Waals surface area contributed by atoms with E-state index >= 15 is 0 Å². The molecule has 0 aromatic carbocycles. The number of nitrogens with one attached hydrogen (secondary N) is 1. The minimum atomic E-state index is 0.524. The Labute approximate surface area is 125 Å². The maximum Gasteiger partial charge on any atom is 0.156 e. The first-order chi connectivity index (χ1) is 9.77. The van der Waals surface area contributed by atoms with Crippen molar-refractivity contribution in [1.29, 1.82) is 0 Å². The first kappa shape index (κ1) is 14.0. The Morgan fingerprint density at radius 1 is 1.35 bits per heavy atom. The number of thioether (sulfide) groups is 1. The van der Waals surface area contributed by atoms with Crippen molar-refractivity contribution in [3.8, 4) is 0 Å². The van der Waals surface area contributed by atoms with E-state index in [0.717, 1.165) is 24.7 Å². The minimum Gasteiger partial charge on any atom is -0.365 e. The lowest BCUT2D eigenvalue weighted by Gasteiger charge is -2.38. The van der Waals surface area contributed by atoms with Crippen molar-refractivity contribution in [2.45, 2.75) is 38.5 Å². The van der Waals surface area contributed by atoms with Crippen LogP contribution < -0.4 is 5.32 Å². The Kier molecular flexibility index (Phi) is 4.34. The molecule has 2 aliphatic rings. The van der Waals surface area contributed by atoms with E-state index in [1.165, 1.54) is 43.6 Å². The molecule has 2 heterocycles. The third-order valence-electron chi connectivity index (χ3n) is 4.57. The van der Waals surface area contributed by atoms with Gasteiger partial charge in [0.15, 0.2) is 5.17 Å². The van der Waals surface area contributed by atoms with Crippen LogP contribution in [0.1, 0.15) is 37.8 Å². The highest BCUT2D eigenvalue weighted by Crippen LogP contribution is 2.41. The van der Waals surface area contributed by atoms with Gasteiger partial charge in [-0.05, 0) is 24.3 Å². The third kappa shape index (κ3) is 3.19. The number of rotatable bonds is 3. The molecule has 1 aromatic heterocycles. The van der Waals surface area contributed by atoms with Crippen LogP contribution >= 0.6 is 11.8 Å². The zero-order chi connectivity index (χ0) is 13.8. The molecule has 0 saturated heterocycles. The molecule has 1 aliphatic heterocycles. The highest BCUT2D eigenvalue weighted by atomic mass is 32.2. The van der Waals surface area contributed by atoms with Crippen LogP contribution in [-0.2, 0) is 13.5 Å². The molecule has 1 aromatic rings. The Morgan fingerprint density at radius 3 is 2.85 bits per heavy atom.